The van der Waals surface area contributed by atoms with Crippen LogP contribution in [-0.4, -0.2) is 15.7 Å². The van der Waals surface area contributed by atoms with Crippen LogP contribution in [0.2, 0.25) is 0 Å². The fourth-order valence-corrected chi connectivity index (χ4v) is 3.72. The van der Waals surface area contributed by atoms with Crippen molar-refractivity contribution in [1.29, 1.82) is 0 Å². The van der Waals surface area contributed by atoms with E-state index >= 15 is 0 Å². The molecule has 0 radical (unpaired) electrons. The summed E-state index contributed by atoms with van der Waals surface area (Å²) in [7, 11) is 0. The van der Waals surface area contributed by atoms with Crippen LogP contribution in [0.3, 0.4) is 0 Å². The second kappa shape index (κ2) is 7.29. The van der Waals surface area contributed by atoms with Crippen LogP contribution in [0.15, 0.2) is 60.7 Å². The van der Waals surface area contributed by atoms with Crippen LogP contribution in [-0.2, 0) is 13.1 Å². The van der Waals surface area contributed by atoms with Crippen molar-refractivity contribution in [3.05, 3.63) is 71.8 Å². The van der Waals surface area contributed by atoms with Crippen LogP contribution in [0.25, 0.3) is 0 Å². The summed E-state index contributed by atoms with van der Waals surface area (Å²) in [6.45, 7) is 3.77. The summed E-state index contributed by atoms with van der Waals surface area (Å²) >= 11 is 0. The molecular formula is C21H27NO. The Morgan fingerprint density at radius 2 is 1.43 bits per heavy atom. The van der Waals surface area contributed by atoms with Crippen molar-refractivity contribution in [2.45, 2.75) is 51.4 Å². The molecule has 0 bridgehead atoms. The lowest BCUT2D eigenvalue weighted by Gasteiger charge is -2.46. The van der Waals surface area contributed by atoms with Gasteiger partial charge < -0.3 is 5.11 Å². The van der Waals surface area contributed by atoms with E-state index in [0.29, 0.717) is 5.92 Å². The molecule has 2 nitrogen and oxygen atoms in total. The number of aliphatic hydroxyl groups is 1. The van der Waals surface area contributed by atoms with Crippen LogP contribution in [0.5, 0.6) is 0 Å². The molecule has 2 aromatic carbocycles. The van der Waals surface area contributed by atoms with Gasteiger partial charge in [-0.15, -0.1) is 0 Å². The Morgan fingerprint density at radius 3 is 1.91 bits per heavy atom. The van der Waals surface area contributed by atoms with Gasteiger partial charge in [0.1, 0.15) is 5.72 Å². The molecule has 1 aliphatic carbocycles. The van der Waals surface area contributed by atoms with Gasteiger partial charge in [0.2, 0.25) is 0 Å². The van der Waals surface area contributed by atoms with E-state index < -0.39 is 5.72 Å². The molecule has 0 amide bonds. The smallest absolute Gasteiger partial charge is 0.121 e. The zero-order chi connectivity index (χ0) is 16.1. The average Bonchev–Trinajstić information content (AvgIpc) is 2.59. The van der Waals surface area contributed by atoms with E-state index in [1.54, 1.807) is 0 Å². The number of benzene rings is 2. The molecule has 1 aliphatic rings. The summed E-state index contributed by atoms with van der Waals surface area (Å²) in [6.07, 6.45) is 4.32. The monoisotopic (exact) mass is 309 g/mol. The summed E-state index contributed by atoms with van der Waals surface area (Å²) in [5, 5.41) is 11.4. The Hall–Kier alpha value is -1.64. The number of nitrogens with zero attached hydrogens (tertiary/aromatic N) is 1. The molecule has 0 aromatic heterocycles. The summed E-state index contributed by atoms with van der Waals surface area (Å²) in [4.78, 5) is 2.28. The Balaban J connectivity index is 1.86. The molecule has 23 heavy (non-hydrogen) atoms. The molecule has 1 fully saturated rings. The molecule has 0 heterocycles. The Morgan fingerprint density at radius 1 is 0.913 bits per heavy atom. The third-order valence-electron chi connectivity index (χ3n) is 5.20. The van der Waals surface area contributed by atoms with Gasteiger partial charge in [0.05, 0.1) is 0 Å². The predicted molar refractivity (Wildman–Crippen MR) is 94.7 cm³/mol. The first-order chi connectivity index (χ1) is 11.2. The topological polar surface area (TPSA) is 23.5 Å². The van der Waals surface area contributed by atoms with E-state index in [2.05, 4.69) is 60.4 Å². The van der Waals surface area contributed by atoms with E-state index in [1.165, 1.54) is 17.5 Å². The average molecular weight is 309 g/mol. The highest BCUT2D eigenvalue weighted by molar-refractivity contribution is 5.18. The maximum absolute atomic E-state index is 11.4. The molecule has 0 spiro atoms. The fourth-order valence-electron chi connectivity index (χ4n) is 3.72. The van der Waals surface area contributed by atoms with Gasteiger partial charge in [0, 0.05) is 13.1 Å². The summed E-state index contributed by atoms with van der Waals surface area (Å²) < 4.78 is 0. The van der Waals surface area contributed by atoms with Gasteiger partial charge >= 0.3 is 0 Å². The van der Waals surface area contributed by atoms with E-state index in [9.17, 15) is 5.11 Å². The second-order valence-corrected chi connectivity index (χ2v) is 6.85. The van der Waals surface area contributed by atoms with Crippen molar-refractivity contribution in [1.82, 2.24) is 4.90 Å². The fraction of sp³-hybridized carbons (Fsp3) is 0.429. The zero-order valence-corrected chi connectivity index (χ0v) is 14.0. The first-order valence-electron chi connectivity index (χ1n) is 8.74. The minimum absolute atomic E-state index is 0.309. The lowest BCUT2D eigenvalue weighted by atomic mass is 9.81. The van der Waals surface area contributed by atoms with Gasteiger partial charge in [0.15, 0.2) is 0 Å². The largest absolute Gasteiger partial charge is 0.375 e. The van der Waals surface area contributed by atoms with Gasteiger partial charge in [-0.2, -0.15) is 0 Å². The van der Waals surface area contributed by atoms with Crippen molar-refractivity contribution >= 4 is 0 Å². The Kier molecular flexibility index (Phi) is 5.14. The van der Waals surface area contributed by atoms with Crippen molar-refractivity contribution < 1.29 is 5.11 Å². The predicted octanol–water partition coefficient (Wildman–Crippen LogP) is 4.59. The SMILES string of the molecule is CC1CCCCC1(O)N(Cc1ccccc1)Cc1ccccc1. The van der Waals surface area contributed by atoms with E-state index in [0.717, 1.165) is 32.4 Å². The molecule has 3 rings (SSSR count). The van der Waals surface area contributed by atoms with Crippen molar-refractivity contribution in [2.75, 3.05) is 0 Å². The van der Waals surface area contributed by atoms with Crippen molar-refractivity contribution in [3.63, 3.8) is 0 Å². The maximum Gasteiger partial charge on any atom is 0.121 e. The molecule has 0 aliphatic heterocycles. The third-order valence-corrected chi connectivity index (χ3v) is 5.20. The molecule has 1 saturated carbocycles. The molecule has 2 atom stereocenters. The van der Waals surface area contributed by atoms with Gasteiger partial charge in [-0.1, -0.05) is 74.0 Å². The minimum Gasteiger partial charge on any atom is -0.375 e. The van der Waals surface area contributed by atoms with Crippen LogP contribution in [0.4, 0.5) is 0 Å². The summed E-state index contributed by atoms with van der Waals surface area (Å²) in [5.41, 5.74) is 1.81. The molecule has 1 N–H and O–H groups in total. The van der Waals surface area contributed by atoms with E-state index in [1.807, 2.05) is 12.1 Å². The second-order valence-electron chi connectivity index (χ2n) is 6.85. The highest BCUT2D eigenvalue weighted by atomic mass is 16.3. The third kappa shape index (κ3) is 3.82. The first kappa shape index (κ1) is 16.2. The summed E-state index contributed by atoms with van der Waals surface area (Å²) in [5.74, 6) is 0.309. The lowest BCUT2D eigenvalue weighted by Crippen LogP contribution is -2.53. The zero-order valence-electron chi connectivity index (χ0n) is 14.0. The molecule has 2 unspecified atom stereocenters. The van der Waals surface area contributed by atoms with Crippen LogP contribution in [0, 0.1) is 5.92 Å². The highest BCUT2D eigenvalue weighted by Gasteiger charge is 2.41. The molecule has 2 aromatic rings. The summed E-state index contributed by atoms with van der Waals surface area (Å²) in [6, 6.07) is 21.0. The van der Waals surface area contributed by atoms with Gasteiger partial charge in [-0.3, -0.25) is 4.90 Å². The van der Waals surface area contributed by atoms with Crippen LogP contribution < -0.4 is 0 Å². The quantitative estimate of drug-likeness (QED) is 0.817. The maximum atomic E-state index is 11.4. The molecule has 0 saturated heterocycles. The van der Waals surface area contributed by atoms with Gasteiger partial charge in [-0.25, -0.2) is 0 Å². The van der Waals surface area contributed by atoms with Crippen LogP contribution in [0.1, 0.15) is 43.7 Å². The van der Waals surface area contributed by atoms with E-state index in [-0.39, 0.29) is 0 Å². The number of rotatable bonds is 5. The Bertz CT molecular complexity index is 556. The number of hydrogen-bond donors (Lipinski definition) is 1. The minimum atomic E-state index is -0.704. The lowest BCUT2D eigenvalue weighted by molar-refractivity contribution is -0.173. The molecular weight excluding hydrogens is 282 g/mol. The number of hydrogen-bond acceptors (Lipinski definition) is 2. The normalized spacial score (nSPS) is 24.7. The van der Waals surface area contributed by atoms with Crippen LogP contribution >= 0.6 is 0 Å². The Labute approximate surface area is 139 Å². The van der Waals surface area contributed by atoms with Crippen molar-refractivity contribution in [2.24, 2.45) is 5.92 Å². The van der Waals surface area contributed by atoms with E-state index in [4.69, 9.17) is 0 Å². The van der Waals surface area contributed by atoms with Gasteiger partial charge in [-0.05, 0) is 36.3 Å². The van der Waals surface area contributed by atoms with Crippen molar-refractivity contribution in [3.8, 4) is 0 Å². The highest BCUT2D eigenvalue weighted by Crippen LogP contribution is 2.38. The van der Waals surface area contributed by atoms with Gasteiger partial charge in [0.25, 0.3) is 0 Å². The molecule has 2 heteroatoms. The standard InChI is InChI=1S/C21H27NO/c1-18-10-8-9-15-21(18,23)22(16-19-11-4-2-5-12-19)17-20-13-6-3-7-14-20/h2-7,11-14,18,23H,8-10,15-17H2,1H3. The first-order valence-corrected chi connectivity index (χ1v) is 8.74. The molecule has 122 valence electrons.